The number of benzene rings is 4. The Balaban J connectivity index is 1.76. The molecule has 3 nitrogen and oxygen atoms in total. The van der Waals surface area contributed by atoms with E-state index < -0.39 is 18.3 Å². The lowest BCUT2D eigenvalue weighted by Crippen LogP contribution is -2.41. The zero-order chi connectivity index (χ0) is 20.7. The molecule has 0 N–H and O–H groups in total. The maximum absolute atomic E-state index is 6.49. The van der Waals surface area contributed by atoms with Gasteiger partial charge < -0.3 is 13.7 Å². The molecule has 0 saturated carbocycles. The van der Waals surface area contributed by atoms with Gasteiger partial charge in [-0.3, -0.25) is 0 Å². The van der Waals surface area contributed by atoms with E-state index in [2.05, 4.69) is 94.4 Å². The molecule has 30 heavy (non-hydrogen) atoms. The second-order valence-electron chi connectivity index (χ2n) is 9.24. The van der Waals surface area contributed by atoms with Gasteiger partial charge in [0.2, 0.25) is 0 Å². The molecule has 0 unspecified atom stereocenters. The van der Waals surface area contributed by atoms with Crippen LogP contribution in [-0.4, -0.2) is 18.3 Å². The molecule has 2 heterocycles. The largest absolute Gasteiger partial charge is 0.498 e. The number of furan rings is 1. The van der Waals surface area contributed by atoms with Gasteiger partial charge in [0.15, 0.2) is 0 Å². The van der Waals surface area contributed by atoms with Crippen molar-refractivity contribution in [2.24, 2.45) is 0 Å². The Labute approximate surface area is 175 Å². The summed E-state index contributed by atoms with van der Waals surface area (Å²) < 4.78 is 19.3. The molecule has 1 aliphatic rings. The maximum atomic E-state index is 6.49. The molecule has 0 atom stereocenters. The average molecular weight is 394 g/mol. The predicted molar refractivity (Wildman–Crippen MR) is 124 cm³/mol. The second kappa shape index (κ2) is 5.87. The molecule has 1 fully saturated rings. The van der Waals surface area contributed by atoms with Crippen LogP contribution in [-0.2, 0) is 9.31 Å². The van der Waals surface area contributed by atoms with Crippen molar-refractivity contribution in [1.82, 2.24) is 0 Å². The van der Waals surface area contributed by atoms with Gasteiger partial charge in [-0.2, -0.15) is 0 Å². The van der Waals surface area contributed by atoms with Crippen molar-refractivity contribution in [3.05, 3.63) is 66.7 Å². The summed E-state index contributed by atoms with van der Waals surface area (Å²) in [4.78, 5) is 0. The highest BCUT2D eigenvalue weighted by Gasteiger charge is 2.52. The third kappa shape index (κ3) is 2.35. The SMILES string of the molecule is CC1(C)OB(c2cc3ccccc3c3c2oc2ccc4ccccc4c23)OC1(C)C. The minimum atomic E-state index is -0.478. The molecule has 4 aromatic carbocycles. The average Bonchev–Trinajstić information content (AvgIpc) is 3.22. The summed E-state index contributed by atoms with van der Waals surface area (Å²) in [6, 6.07) is 23.3. The van der Waals surface area contributed by atoms with Crippen molar-refractivity contribution < 1.29 is 13.7 Å². The lowest BCUT2D eigenvalue weighted by Gasteiger charge is -2.32. The van der Waals surface area contributed by atoms with E-state index in [9.17, 15) is 0 Å². The van der Waals surface area contributed by atoms with E-state index in [0.29, 0.717) is 0 Å². The lowest BCUT2D eigenvalue weighted by atomic mass is 9.76. The summed E-state index contributed by atoms with van der Waals surface area (Å²) in [5.74, 6) is 0. The van der Waals surface area contributed by atoms with Crippen molar-refractivity contribution in [3.8, 4) is 0 Å². The molecule has 1 saturated heterocycles. The predicted octanol–water partition coefficient (Wildman–Crippen LogP) is 6.19. The van der Waals surface area contributed by atoms with Crippen LogP contribution in [0.15, 0.2) is 71.1 Å². The number of hydrogen-bond acceptors (Lipinski definition) is 3. The minimum Gasteiger partial charge on any atom is -0.456 e. The topological polar surface area (TPSA) is 31.6 Å². The molecular formula is C26H23BO3. The van der Waals surface area contributed by atoms with E-state index in [0.717, 1.165) is 32.8 Å². The van der Waals surface area contributed by atoms with Gasteiger partial charge in [0, 0.05) is 16.2 Å². The van der Waals surface area contributed by atoms with E-state index in [1.54, 1.807) is 0 Å². The van der Waals surface area contributed by atoms with Gasteiger partial charge in [0.25, 0.3) is 0 Å². The van der Waals surface area contributed by atoms with E-state index in [1.807, 2.05) is 0 Å². The molecule has 0 spiro atoms. The number of rotatable bonds is 1. The third-order valence-corrected chi connectivity index (χ3v) is 6.89. The van der Waals surface area contributed by atoms with Crippen molar-refractivity contribution >= 4 is 56.1 Å². The lowest BCUT2D eigenvalue weighted by molar-refractivity contribution is 0.00578. The Morgan fingerprint density at radius 3 is 1.97 bits per heavy atom. The van der Waals surface area contributed by atoms with Crippen LogP contribution in [0.2, 0.25) is 0 Å². The van der Waals surface area contributed by atoms with Gasteiger partial charge in [-0.15, -0.1) is 0 Å². The molecule has 0 aliphatic carbocycles. The van der Waals surface area contributed by atoms with Gasteiger partial charge in [-0.05, 0) is 55.3 Å². The van der Waals surface area contributed by atoms with Crippen molar-refractivity contribution in [2.45, 2.75) is 38.9 Å². The Hall–Kier alpha value is -2.82. The van der Waals surface area contributed by atoms with Gasteiger partial charge in [0.05, 0.1) is 11.2 Å². The highest BCUT2D eigenvalue weighted by atomic mass is 16.7. The van der Waals surface area contributed by atoms with Crippen LogP contribution < -0.4 is 5.46 Å². The van der Waals surface area contributed by atoms with Crippen molar-refractivity contribution in [2.75, 3.05) is 0 Å². The molecule has 6 rings (SSSR count). The highest BCUT2D eigenvalue weighted by Crippen LogP contribution is 2.41. The minimum absolute atomic E-state index is 0.408. The van der Waals surface area contributed by atoms with Crippen LogP contribution in [0.4, 0.5) is 0 Å². The summed E-state index contributed by atoms with van der Waals surface area (Å²) in [5, 5.41) is 7.03. The van der Waals surface area contributed by atoms with Gasteiger partial charge in [-0.1, -0.05) is 60.7 Å². The van der Waals surface area contributed by atoms with Crippen molar-refractivity contribution in [3.63, 3.8) is 0 Å². The fraction of sp³-hybridized carbons (Fsp3) is 0.231. The van der Waals surface area contributed by atoms with E-state index in [-0.39, 0.29) is 0 Å². The smallest absolute Gasteiger partial charge is 0.456 e. The summed E-state index contributed by atoms with van der Waals surface area (Å²) >= 11 is 0. The van der Waals surface area contributed by atoms with E-state index >= 15 is 0 Å². The molecule has 148 valence electrons. The quantitative estimate of drug-likeness (QED) is 0.318. The second-order valence-corrected chi connectivity index (χ2v) is 9.24. The fourth-order valence-corrected chi connectivity index (χ4v) is 4.56. The summed E-state index contributed by atoms with van der Waals surface area (Å²) in [6.07, 6.45) is 0. The first-order valence-electron chi connectivity index (χ1n) is 10.5. The molecule has 0 bridgehead atoms. The summed E-state index contributed by atoms with van der Waals surface area (Å²) in [7, 11) is -0.478. The fourth-order valence-electron chi connectivity index (χ4n) is 4.56. The first kappa shape index (κ1) is 18.0. The number of fused-ring (bicyclic) bond motifs is 7. The third-order valence-electron chi connectivity index (χ3n) is 6.89. The van der Waals surface area contributed by atoms with E-state index in [1.165, 1.54) is 16.2 Å². The summed E-state index contributed by atoms with van der Waals surface area (Å²) in [6.45, 7) is 8.32. The Kier molecular flexibility index (Phi) is 3.52. The van der Waals surface area contributed by atoms with E-state index in [4.69, 9.17) is 13.7 Å². The van der Waals surface area contributed by atoms with Crippen LogP contribution in [0.5, 0.6) is 0 Å². The van der Waals surface area contributed by atoms with Gasteiger partial charge in [0.1, 0.15) is 11.2 Å². The molecule has 5 aromatic rings. The molecular weight excluding hydrogens is 371 g/mol. The maximum Gasteiger partial charge on any atom is 0.498 e. The molecule has 1 aromatic heterocycles. The first-order chi connectivity index (χ1) is 14.4. The molecule has 0 amide bonds. The van der Waals surface area contributed by atoms with Crippen molar-refractivity contribution in [1.29, 1.82) is 0 Å². The normalized spacial score (nSPS) is 18.2. The zero-order valence-corrected chi connectivity index (χ0v) is 17.7. The molecule has 1 aliphatic heterocycles. The molecule has 0 radical (unpaired) electrons. The highest BCUT2D eigenvalue weighted by molar-refractivity contribution is 6.66. The van der Waals surface area contributed by atoms with Crippen LogP contribution >= 0.6 is 0 Å². The van der Waals surface area contributed by atoms with Gasteiger partial charge in [-0.25, -0.2) is 0 Å². The molecule has 4 heteroatoms. The standard InChI is InChI=1S/C26H23BO3/c1-25(2)26(3,4)30-27(29-25)20-15-17-10-6-8-12-19(17)23-22-18-11-7-5-9-16(18)13-14-21(22)28-24(20)23/h5-15H,1-4H3. The van der Waals surface area contributed by atoms with Gasteiger partial charge >= 0.3 is 7.12 Å². The van der Waals surface area contributed by atoms with Crippen LogP contribution in [0, 0.1) is 0 Å². The van der Waals surface area contributed by atoms with Crippen LogP contribution in [0.3, 0.4) is 0 Å². The Morgan fingerprint density at radius 1 is 0.667 bits per heavy atom. The number of hydrogen-bond donors (Lipinski definition) is 0. The monoisotopic (exact) mass is 394 g/mol. The summed E-state index contributed by atoms with van der Waals surface area (Å²) in [5.41, 5.74) is 1.86. The van der Waals surface area contributed by atoms with Crippen LogP contribution in [0.25, 0.3) is 43.5 Å². The zero-order valence-electron chi connectivity index (χ0n) is 17.7. The Morgan fingerprint density at radius 2 is 1.27 bits per heavy atom. The van der Waals surface area contributed by atoms with Crippen LogP contribution in [0.1, 0.15) is 27.7 Å². The Bertz CT molecular complexity index is 1450. The first-order valence-corrected chi connectivity index (χ1v) is 10.5.